The second-order valence-electron chi connectivity index (χ2n) is 8.44. The van der Waals surface area contributed by atoms with Crippen molar-refractivity contribution in [3.63, 3.8) is 0 Å². The largest absolute Gasteiger partial charge is 0.325 e. The molecule has 3 N–H and O–H groups in total. The summed E-state index contributed by atoms with van der Waals surface area (Å²) in [7, 11) is -3.74. The third kappa shape index (κ3) is 6.36. The van der Waals surface area contributed by atoms with Gasteiger partial charge in [0, 0.05) is 38.4 Å². The van der Waals surface area contributed by atoms with Crippen molar-refractivity contribution in [1.29, 1.82) is 0 Å². The molecule has 1 heterocycles. The van der Waals surface area contributed by atoms with Crippen LogP contribution in [0.3, 0.4) is 0 Å². The van der Waals surface area contributed by atoms with Crippen LogP contribution in [0.15, 0.2) is 53.4 Å². The Morgan fingerprint density at radius 3 is 2.06 bits per heavy atom. The highest BCUT2D eigenvalue weighted by Crippen LogP contribution is 2.17. The SMILES string of the molecule is CC(C)c1ccc(CN2CCN(C(C)C(=O)Nc3ccc(S(N)(=O)=O)cc3)CC2)cc1. The van der Waals surface area contributed by atoms with Crippen LogP contribution in [0.2, 0.25) is 0 Å². The van der Waals surface area contributed by atoms with Gasteiger partial charge in [0.25, 0.3) is 0 Å². The van der Waals surface area contributed by atoms with Gasteiger partial charge in [0.1, 0.15) is 0 Å². The number of primary sulfonamides is 1. The summed E-state index contributed by atoms with van der Waals surface area (Å²) in [4.78, 5) is 17.3. The van der Waals surface area contributed by atoms with Gasteiger partial charge in [-0.05, 0) is 48.2 Å². The van der Waals surface area contributed by atoms with Crippen LogP contribution in [0.25, 0.3) is 0 Å². The van der Waals surface area contributed by atoms with Gasteiger partial charge in [0.2, 0.25) is 15.9 Å². The van der Waals surface area contributed by atoms with E-state index in [1.54, 1.807) is 12.1 Å². The van der Waals surface area contributed by atoms with Crippen molar-refractivity contribution in [3.05, 3.63) is 59.7 Å². The molecule has 8 heteroatoms. The molecule has 0 saturated carbocycles. The fourth-order valence-corrected chi connectivity index (χ4v) is 4.23. The fraction of sp³-hybridized carbons (Fsp3) is 0.435. The van der Waals surface area contributed by atoms with Crippen molar-refractivity contribution < 1.29 is 13.2 Å². The molecular weight excluding hydrogens is 412 g/mol. The fourth-order valence-electron chi connectivity index (χ4n) is 3.72. The number of nitrogens with one attached hydrogen (secondary N) is 1. The molecule has 0 spiro atoms. The number of hydrogen-bond donors (Lipinski definition) is 2. The Balaban J connectivity index is 1.49. The molecule has 2 aromatic rings. The van der Waals surface area contributed by atoms with E-state index < -0.39 is 10.0 Å². The first-order valence-electron chi connectivity index (χ1n) is 10.6. The summed E-state index contributed by atoms with van der Waals surface area (Å²) in [6.45, 7) is 10.7. The Hall–Kier alpha value is -2.26. The van der Waals surface area contributed by atoms with Crippen molar-refractivity contribution >= 4 is 21.6 Å². The molecule has 0 bridgehead atoms. The number of carbonyl (C=O) groups is 1. The van der Waals surface area contributed by atoms with E-state index in [2.05, 4.69) is 53.2 Å². The van der Waals surface area contributed by atoms with Crippen LogP contribution in [0.4, 0.5) is 5.69 Å². The Kier molecular flexibility index (Phi) is 7.48. The molecule has 7 nitrogen and oxygen atoms in total. The Bertz CT molecular complexity index is 980. The summed E-state index contributed by atoms with van der Waals surface area (Å²) in [5.41, 5.74) is 3.21. The first-order valence-corrected chi connectivity index (χ1v) is 12.2. The van der Waals surface area contributed by atoms with Crippen molar-refractivity contribution in [2.45, 2.75) is 44.2 Å². The highest BCUT2D eigenvalue weighted by atomic mass is 32.2. The molecule has 2 aromatic carbocycles. The van der Waals surface area contributed by atoms with Crippen LogP contribution in [0, 0.1) is 0 Å². The summed E-state index contributed by atoms with van der Waals surface area (Å²) in [5.74, 6) is 0.429. The molecule has 1 atom stereocenters. The monoisotopic (exact) mass is 444 g/mol. The van der Waals surface area contributed by atoms with E-state index in [0.29, 0.717) is 11.6 Å². The second-order valence-corrected chi connectivity index (χ2v) is 10.0. The van der Waals surface area contributed by atoms with Crippen molar-refractivity contribution in [2.24, 2.45) is 5.14 Å². The first-order chi connectivity index (χ1) is 14.6. The standard InChI is InChI=1S/C23H32N4O3S/c1-17(2)20-6-4-19(5-7-20)16-26-12-14-27(15-13-26)18(3)23(28)25-21-8-10-22(11-9-21)31(24,29)30/h4-11,17-18H,12-16H2,1-3H3,(H,25,28)(H2,24,29,30). The predicted molar refractivity (Wildman–Crippen MR) is 123 cm³/mol. The lowest BCUT2D eigenvalue weighted by molar-refractivity contribution is -0.121. The summed E-state index contributed by atoms with van der Waals surface area (Å²) in [6, 6.07) is 14.4. The van der Waals surface area contributed by atoms with Gasteiger partial charge in [0.05, 0.1) is 10.9 Å². The van der Waals surface area contributed by atoms with E-state index in [0.717, 1.165) is 32.7 Å². The Labute approximate surface area is 185 Å². The number of nitrogens with two attached hydrogens (primary N) is 1. The third-order valence-electron chi connectivity index (χ3n) is 5.84. The summed E-state index contributed by atoms with van der Waals surface area (Å²) in [5, 5.41) is 7.96. The number of hydrogen-bond acceptors (Lipinski definition) is 5. The second kappa shape index (κ2) is 9.91. The molecule has 0 aromatic heterocycles. The number of rotatable bonds is 7. The quantitative estimate of drug-likeness (QED) is 0.684. The van der Waals surface area contributed by atoms with Gasteiger partial charge in [-0.15, -0.1) is 0 Å². The van der Waals surface area contributed by atoms with Gasteiger partial charge < -0.3 is 5.32 Å². The summed E-state index contributed by atoms with van der Waals surface area (Å²) in [6.07, 6.45) is 0. The Morgan fingerprint density at radius 1 is 0.968 bits per heavy atom. The van der Waals surface area contributed by atoms with Gasteiger partial charge in [-0.25, -0.2) is 13.6 Å². The number of nitrogens with zero attached hydrogens (tertiary/aromatic N) is 2. The normalized spacial score (nSPS) is 16.9. The van der Waals surface area contributed by atoms with Crippen LogP contribution in [0.5, 0.6) is 0 Å². The molecular formula is C23H32N4O3S. The zero-order valence-electron chi connectivity index (χ0n) is 18.4. The minimum atomic E-state index is -3.74. The maximum atomic E-state index is 12.6. The van der Waals surface area contributed by atoms with E-state index in [-0.39, 0.29) is 16.8 Å². The van der Waals surface area contributed by atoms with E-state index in [1.165, 1.54) is 23.3 Å². The molecule has 0 aliphatic carbocycles. The van der Waals surface area contributed by atoms with Gasteiger partial charge in [-0.3, -0.25) is 14.6 Å². The smallest absolute Gasteiger partial charge is 0.241 e. The third-order valence-corrected chi connectivity index (χ3v) is 6.77. The van der Waals surface area contributed by atoms with Gasteiger partial charge >= 0.3 is 0 Å². The van der Waals surface area contributed by atoms with Gasteiger partial charge in [-0.2, -0.15) is 0 Å². The van der Waals surface area contributed by atoms with Crippen LogP contribution >= 0.6 is 0 Å². The zero-order chi connectivity index (χ0) is 22.6. The highest BCUT2D eigenvalue weighted by molar-refractivity contribution is 7.89. The first kappa shape index (κ1) is 23.4. The van der Waals surface area contributed by atoms with Crippen molar-refractivity contribution in [1.82, 2.24) is 9.80 Å². The molecule has 168 valence electrons. The summed E-state index contributed by atoms with van der Waals surface area (Å²) < 4.78 is 22.7. The number of amides is 1. The van der Waals surface area contributed by atoms with E-state index >= 15 is 0 Å². The number of anilines is 1. The molecule has 0 radical (unpaired) electrons. The topological polar surface area (TPSA) is 95.7 Å². The average molecular weight is 445 g/mol. The minimum absolute atomic E-state index is 0.0218. The molecule has 1 saturated heterocycles. The maximum absolute atomic E-state index is 12.6. The lowest BCUT2D eigenvalue weighted by Crippen LogP contribution is -2.52. The molecule has 1 fully saturated rings. The number of carbonyl (C=O) groups excluding carboxylic acids is 1. The highest BCUT2D eigenvalue weighted by Gasteiger charge is 2.25. The Morgan fingerprint density at radius 2 is 1.55 bits per heavy atom. The molecule has 1 aliphatic heterocycles. The number of piperazine rings is 1. The van der Waals surface area contributed by atoms with Crippen LogP contribution in [-0.4, -0.2) is 56.3 Å². The average Bonchev–Trinajstić information content (AvgIpc) is 2.74. The summed E-state index contributed by atoms with van der Waals surface area (Å²) >= 11 is 0. The maximum Gasteiger partial charge on any atom is 0.241 e. The van der Waals surface area contributed by atoms with E-state index in [9.17, 15) is 13.2 Å². The van der Waals surface area contributed by atoms with Crippen LogP contribution in [-0.2, 0) is 21.4 Å². The van der Waals surface area contributed by atoms with Crippen LogP contribution in [0.1, 0.15) is 37.8 Å². The van der Waals surface area contributed by atoms with E-state index in [4.69, 9.17) is 5.14 Å². The van der Waals surface area contributed by atoms with Crippen molar-refractivity contribution in [2.75, 3.05) is 31.5 Å². The lowest BCUT2D eigenvalue weighted by atomic mass is 10.0. The molecule has 31 heavy (non-hydrogen) atoms. The molecule has 1 amide bonds. The predicted octanol–water partition coefficient (Wildman–Crippen LogP) is 2.60. The number of sulfonamides is 1. The lowest BCUT2D eigenvalue weighted by Gasteiger charge is -2.37. The molecule has 1 aliphatic rings. The van der Waals surface area contributed by atoms with E-state index in [1.807, 2.05) is 6.92 Å². The van der Waals surface area contributed by atoms with Gasteiger partial charge in [-0.1, -0.05) is 38.1 Å². The van der Waals surface area contributed by atoms with Crippen molar-refractivity contribution in [3.8, 4) is 0 Å². The zero-order valence-corrected chi connectivity index (χ0v) is 19.2. The van der Waals surface area contributed by atoms with Crippen LogP contribution < -0.4 is 10.5 Å². The van der Waals surface area contributed by atoms with Gasteiger partial charge in [0.15, 0.2) is 0 Å². The molecule has 1 unspecified atom stereocenters. The number of benzene rings is 2. The molecule has 3 rings (SSSR count). The minimum Gasteiger partial charge on any atom is -0.325 e.